The van der Waals surface area contributed by atoms with Crippen molar-refractivity contribution in [2.45, 2.75) is 0 Å². The lowest BCUT2D eigenvalue weighted by molar-refractivity contribution is 0.628. The first kappa shape index (κ1) is 18.1. The predicted octanol–water partition coefficient (Wildman–Crippen LogP) is 7.64. The smallest absolute Gasteiger partial charge is 0.227 e. The molecule has 1 aliphatic heterocycles. The number of pyridine rings is 1. The van der Waals surface area contributed by atoms with Crippen LogP contribution in [-0.2, 0) is 0 Å². The summed E-state index contributed by atoms with van der Waals surface area (Å²) in [5, 5.41) is 6.46. The van der Waals surface area contributed by atoms with Crippen molar-refractivity contribution >= 4 is 62.1 Å². The van der Waals surface area contributed by atoms with E-state index in [0.29, 0.717) is 5.71 Å². The molecular formula is C28H19N3O2. The minimum Gasteiger partial charge on any atom is -0.440 e. The van der Waals surface area contributed by atoms with E-state index in [4.69, 9.17) is 8.83 Å². The van der Waals surface area contributed by atoms with Crippen LogP contribution in [0.1, 0.15) is 5.56 Å². The van der Waals surface area contributed by atoms with E-state index < -0.39 is 0 Å². The number of para-hydroxylation sites is 2. The molecule has 0 amide bonds. The van der Waals surface area contributed by atoms with E-state index in [-0.39, 0.29) is 0 Å². The van der Waals surface area contributed by atoms with Crippen LogP contribution in [-0.4, -0.2) is 11.5 Å². The number of hydrogen-bond donors (Lipinski definition) is 1. The highest BCUT2D eigenvalue weighted by molar-refractivity contribution is 6.07. The summed E-state index contributed by atoms with van der Waals surface area (Å²) in [5.74, 6) is 0.808. The summed E-state index contributed by atoms with van der Waals surface area (Å²) in [6, 6.07) is 26.7. The molecule has 7 rings (SSSR count). The number of furan rings is 2. The lowest BCUT2D eigenvalue weighted by Gasteiger charge is -2.26. The molecule has 0 radical (unpaired) electrons. The quantitative estimate of drug-likeness (QED) is 0.313. The third-order valence-electron chi connectivity index (χ3n) is 6.13. The van der Waals surface area contributed by atoms with Gasteiger partial charge in [0.25, 0.3) is 0 Å². The van der Waals surface area contributed by atoms with Crippen LogP contribution in [0, 0.1) is 0 Å². The van der Waals surface area contributed by atoms with Crippen molar-refractivity contribution in [3.05, 3.63) is 96.7 Å². The van der Waals surface area contributed by atoms with Crippen LogP contribution < -0.4 is 10.2 Å². The lowest BCUT2D eigenvalue weighted by Crippen LogP contribution is -2.11. The van der Waals surface area contributed by atoms with Crippen LogP contribution >= 0.6 is 0 Å². The Labute approximate surface area is 189 Å². The number of fused-ring (bicyclic) bond motifs is 6. The largest absolute Gasteiger partial charge is 0.440 e. The Bertz CT molecular complexity index is 1680. The predicted molar refractivity (Wildman–Crippen MR) is 133 cm³/mol. The molecule has 6 aromatic rings. The second-order valence-electron chi connectivity index (χ2n) is 8.09. The van der Waals surface area contributed by atoms with E-state index in [1.807, 2.05) is 54.7 Å². The second kappa shape index (κ2) is 7.00. The summed E-state index contributed by atoms with van der Waals surface area (Å²) in [7, 11) is 0. The second-order valence-corrected chi connectivity index (χ2v) is 8.09. The maximum Gasteiger partial charge on any atom is 0.227 e. The fraction of sp³-hybridized carbons (Fsp3) is 0.0357. The van der Waals surface area contributed by atoms with Crippen LogP contribution in [0.15, 0.2) is 100.0 Å². The van der Waals surface area contributed by atoms with Gasteiger partial charge in [-0.15, -0.1) is 0 Å². The fourth-order valence-electron chi connectivity index (χ4n) is 4.68. The molecule has 0 spiro atoms. The number of rotatable bonds is 3. The van der Waals surface area contributed by atoms with Gasteiger partial charge < -0.3 is 19.1 Å². The molecule has 33 heavy (non-hydrogen) atoms. The van der Waals surface area contributed by atoms with E-state index >= 15 is 0 Å². The number of hydrogen-bond acceptors (Lipinski definition) is 5. The standard InChI is InChI=1S/C28H19N3O2/c1-2-8-18(9-3-1)31(19-16-22-20-10-4-5-13-24(20)32-28(22)30-17-19)23-12-6-14-25-26(23)21-11-7-15-29-27(21)33-25/h1-14,16-17,29H,15H2. The Balaban J connectivity index is 1.52. The van der Waals surface area contributed by atoms with Crippen molar-refractivity contribution < 1.29 is 8.83 Å². The van der Waals surface area contributed by atoms with Gasteiger partial charge in [-0.1, -0.05) is 54.6 Å². The first-order valence-corrected chi connectivity index (χ1v) is 11.0. The minimum absolute atomic E-state index is 0.638. The Morgan fingerprint density at radius 2 is 1.64 bits per heavy atom. The molecule has 0 atom stereocenters. The average molecular weight is 429 g/mol. The van der Waals surface area contributed by atoms with Crippen molar-refractivity contribution in [3.8, 4) is 0 Å². The molecule has 0 fully saturated rings. The fourth-order valence-corrected chi connectivity index (χ4v) is 4.68. The molecule has 0 bridgehead atoms. The summed E-state index contributed by atoms with van der Waals surface area (Å²) >= 11 is 0. The van der Waals surface area contributed by atoms with E-state index in [1.54, 1.807) is 0 Å². The maximum atomic E-state index is 6.15. The van der Waals surface area contributed by atoms with E-state index in [2.05, 4.69) is 57.7 Å². The molecule has 1 N–H and O–H groups in total. The highest BCUT2D eigenvalue weighted by Crippen LogP contribution is 2.44. The molecule has 0 aliphatic carbocycles. The zero-order valence-corrected chi connectivity index (χ0v) is 17.7. The third kappa shape index (κ3) is 2.76. The molecule has 3 aromatic heterocycles. The number of benzene rings is 3. The van der Waals surface area contributed by atoms with Crippen LogP contribution in [0.2, 0.25) is 0 Å². The molecule has 0 saturated heterocycles. The maximum absolute atomic E-state index is 6.15. The van der Waals surface area contributed by atoms with Crippen LogP contribution in [0.4, 0.5) is 22.9 Å². The summed E-state index contributed by atoms with van der Waals surface area (Å²) in [4.78, 5) is 6.92. The Morgan fingerprint density at radius 1 is 0.788 bits per heavy atom. The number of anilines is 4. The number of nitrogens with one attached hydrogen (secondary N) is 1. The van der Waals surface area contributed by atoms with Gasteiger partial charge in [0.05, 0.1) is 28.3 Å². The van der Waals surface area contributed by atoms with Gasteiger partial charge in [-0.05, 0) is 36.4 Å². The number of aromatic nitrogens is 1. The van der Waals surface area contributed by atoms with E-state index in [9.17, 15) is 0 Å². The van der Waals surface area contributed by atoms with Gasteiger partial charge in [-0.3, -0.25) is 0 Å². The molecule has 1 aliphatic rings. The van der Waals surface area contributed by atoms with Gasteiger partial charge in [0.1, 0.15) is 11.2 Å². The van der Waals surface area contributed by atoms with Crippen LogP contribution in [0.25, 0.3) is 39.1 Å². The average Bonchev–Trinajstić information content (AvgIpc) is 3.43. The highest BCUT2D eigenvalue weighted by atomic mass is 16.4. The molecule has 158 valence electrons. The monoisotopic (exact) mass is 429 g/mol. The Morgan fingerprint density at radius 3 is 2.58 bits per heavy atom. The topological polar surface area (TPSA) is 54.4 Å². The Kier molecular flexibility index (Phi) is 3.84. The van der Waals surface area contributed by atoms with Crippen molar-refractivity contribution in [3.63, 3.8) is 0 Å². The summed E-state index contributed by atoms with van der Waals surface area (Å²) in [6.07, 6.45) is 6.12. The van der Waals surface area contributed by atoms with Gasteiger partial charge >= 0.3 is 0 Å². The number of nitrogens with zero attached hydrogens (tertiary/aromatic N) is 2. The van der Waals surface area contributed by atoms with Gasteiger partial charge in [-0.25, -0.2) is 4.98 Å². The molecule has 3 aromatic carbocycles. The van der Waals surface area contributed by atoms with Gasteiger partial charge in [0.15, 0.2) is 0 Å². The first-order valence-electron chi connectivity index (χ1n) is 11.0. The highest BCUT2D eigenvalue weighted by Gasteiger charge is 2.23. The lowest BCUT2D eigenvalue weighted by atomic mass is 10.1. The molecule has 5 nitrogen and oxygen atoms in total. The zero-order valence-electron chi connectivity index (χ0n) is 17.7. The molecule has 4 heterocycles. The van der Waals surface area contributed by atoms with Crippen LogP contribution in [0.5, 0.6) is 0 Å². The molecule has 5 heteroatoms. The SMILES string of the molecule is C1=Cc2c(oc3cccc(N(c4ccccc4)c4cnc5oc6ccccc6c5c4)c23)NC1. The summed E-state index contributed by atoms with van der Waals surface area (Å²) < 4.78 is 12.1. The first-order chi connectivity index (χ1) is 16.4. The van der Waals surface area contributed by atoms with Crippen molar-refractivity contribution in [2.75, 3.05) is 16.8 Å². The third-order valence-corrected chi connectivity index (χ3v) is 6.13. The van der Waals surface area contributed by atoms with E-state index in [0.717, 1.165) is 62.4 Å². The minimum atomic E-state index is 0.638. The summed E-state index contributed by atoms with van der Waals surface area (Å²) in [6.45, 7) is 0.763. The van der Waals surface area contributed by atoms with Gasteiger partial charge in [0.2, 0.25) is 11.6 Å². The van der Waals surface area contributed by atoms with E-state index in [1.165, 1.54) is 0 Å². The van der Waals surface area contributed by atoms with Crippen molar-refractivity contribution in [2.24, 2.45) is 0 Å². The zero-order chi connectivity index (χ0) is 21.8. The molecule has 0 unspecified atom stereocenters. The van der Waals surface area contributed by atoms with Crippen molar-refractivity contribution in [1.82, 2.24) is 4.98 Å². The van der Waals surface area contributed by atoms with Crippen LogP contribution in [0.3, 0.4) is 0 Å². The van der Waals surface area contributed by atoms with Crippen molar-refractivity contribution in [1.29, 1.82) is 0 Å². The molecule has 0 saturated carbocycles. The molecular weight excluding hydrogens is 410 g/mol. The Hall–Kier alpha value is -4.51. The summed E-state index contributed by atoms with van der Waals surface area (Å²) in [5.41, 5.74) is 6.42. The normalized spacial score (nSPS) is 12.8. The van der Waals surface area contributed by atoms with Gasteiger partial charge in [-0.2, -0.15) is 0 Å². The van der Waals surface area contributed by atoms with Gasteiger partial charge in [0, 0.05) is 23.2 Å².